The van der Waals surface area contributed by atoms with Gasteiger partial charge in [-0.15, -0.1) is 0 Å². The van der Waals surface area contributed by atoms with Crippen LogP contribution in [0.1, 0.15) is 47.5 Å². The lowest BCUT2D eigenvalue weighted by molar-refractivity contribution is -0.149. The van der Waals surface area contributed by atoms with Crippen LogP contribution in [0.15, 0.2) is 72.8 Å². The van der Waals surface area contributed by atoms with E-state index in [2.05, 4.69) is 69.3 Å². The molecule has 37 heavy (non-hydrogen) atoms. The van der Waals surface area contributed by atoms with E-state index >= 15 is 0 Å². The summed E-state index contributed by atoms with van der Waals surface area (Å²) in [6.45, 7) is 11.2. The number of carbonyl (C=O) groups is 1. The van der Waals surface area contributed by atoms with Crippen LogP contribution in [0.4, 0.5) is 0 Å². The molecule has 0 radical (unpaired) electrons. The second kappa shape index (κ2) is 13.1. The molecule has 3 rings (SSSR count). The molecule has 1 fully saturated rings. The van der Waals surface area contributed by atoms with Crippen molar-refractivity contribution in [3.05, 3.63) is 72.8 Å². The van der Waals surface area contributed by atoms with Gasteiger partial charge in [0.25, 0.3) is 8.32 Å². The lowest BCUT2D eigenvalue weighted by atomic mass is 10.1. The van der Waals surface area contributed by atoms with Gasteiger partial charge in [0.05, 0.1) is 12.2 Å². The Bertz CT molecular complexity index is 947. The van der Waals surface area contributed by atoms with Crippen molar-refractivity contribution in [1.82, 2.24) is 0 Å². The third-order valence-corrected chi connectivity index (χ3v) is 11.7. The van der Waals surface area contributed by atoms with E-state index in [0.29, 0.717) is 19.4 Å². The second-order valence-corrected chi connectivity index (χ2v) is 15.2. The Morgan fingerprint density at radius 3 is 2.11 bits per heavy atom. The molecule has 3 atom stereocenters. The van der Waals surface area contributed by atoms with Gasteiger partial charge in [-0.25, -0.2) is 0 Å². The van der Waals surface area contributed by atoms with Crippen LogP contribution in [0.25, 0.3) is 0 Å². The number of hydrogen-bond acceptors (Lipinski definition) is 6. The minimum absolute atomic E-state index is 0.0924. The summed E-state index contributed by atoms with van der Waals surface area (Å²) in [6.07, 6.45) is 4.92. The summed E-state index contributed by atoms with van der Waals surface area (Å²) in [5, 5.41) is 2.41. The van der Waals surface area contributed by atoms with Crippen LogP contribution in [0, 0.1) is 0 Å². The van der Waals surface area contributed by atoms with E-state index in [9.17, 15) is 4.79 Å². The molecule has 0 spiro atoms. The lowest BCUT2D eigenvalue weighted by Crippen LogP contribution is -2.66. The predicted molar refractivity (Wildman–Crippen MR) is 149 cm³/mol. The van der Waals surface area contributed by atoms with Crippen LogP contribution in [0.3, 0.4) is 0 Å². The van der Waals surface area contributed by atoms with Crippen molar-refractivity contribution in [1.29, 1.82) is 0 Å². The Kier molecular flexibility index (Phi) is 10.4. The molecule has 0 amide bonds. The first-order valence-electron chi connectivity index (χ1n) is 13.0. The van der Waals surface area contributed by atoms with Crippen molar-refractivity contribution in [3.8, 4) is 0 Å². The molecule has 1 aliphatic rings. The van der Waals surface area contributed by atoms with Gasteiger partial charge in [0.15, 0.2) is 12.1 Å². The maximum Gasteiger partial charge on any atom is 0.261 e. The molecule has 0 N–H and O–H groups in total. The second-order valence-electron chi connectivity index (χ2n) is 10.9. The monoisotopic (exact) mass is 526 g/mol. The molecule has 1 heterocycles. The molecule has 0 bridgehead atoms. The molecule has 1 aliphatic heterocycles. The van der Waals surface area contributed by atoms with Crippen LogP contribution in [0.5, 0.6) is 0 Å². The van der Waals surface area contributed by atoms with E-state index in [1.807, 2.05) is 38.1 Å². The van der Waals surface area contributed by atoms with Crippen LogP contribution >= 0.6 is 0 Å². The standard InChI is InChI=1S/C30H42O6Si/c1-29(2,3)37(25-15-9-7-10-16-25,26-17-11-8-12-18-26)34-21-20-24(33-23-32-6)14-13-19-27-28(22-31)36-30(4,5)35-27/h7-18,22,24,27-28H,19-21,23H2,1-6H3/b14-13+/t24-,27+,28+/m1/s1. The van der Waals surface area contributed by atoms with E-state index < -0.39 is 20.2 Å². The molecular formula is C30H42O6Si. The minimum Gasteiger partial charge on any atom is -0.407 e. The predicted octanol–water partition coefficient (Wildman–Crippen LogP) is 4.61. The first kappa shape index (κ1) is 29.4. The summed E-state index contributed by atoms with van der Waals surface area (Å²) in [5.74, 6) is -0.764. The number of benzene rings is 2. The molecule has 0 aromatic heterocycles. The van der Waals surface area contributed by atoms with E-state index in [4.69, 9.17) is 23.4 Å². The third kappa shape index (κ3) is 7.47. The van der Waals surface area contributed by atoms with Crippen LogP contribution < -0.4 is 10.4 Å². The zero-order valence-corrected chi connectivity index (χ0v) is 24.0. The zero-order chi connectivity index (χ0) is 26.9. The van der Waals surface area contributed by atoms with Crippen LogP contribution in [-0.4, -0.2) is 59.2 Å². The Balaban J connectivity index is 1.77. The molecule has 2 aromatic rings. The van der Waals surface area contributed by atoms with Gasteiger partial charge in [-0.05, 0) is 42.1 Å². The Morgan fingerprint density at radius 1 is 1.00 bits per heavy atom. The summed E-state index contributed by atoms with van der Waals surface area (Å²) < 4.78 is 29.7. The smallest absolute Gasteiger partial charge is 0.261 e. The molecule has 1 saturated heterocycles. The summed E-state index contributed by atoms with van der Waals surface area (Å²) in [6, 6.07) is 21.2. The number of hydrogen-bond donors (Lipinski definition) is 0. The fourth-order valence-corrected chi connectivity index (χ4v) is 9.58. The SMILES string of the molecule is COCO[C@H](/C=C/C[C@@H]1OC(C)(C)O[C@H]1C=O)CCO[Si](c1ccccc1)(c1ccccc1)C(C)(C)C. The molecule has 7 heteroatoms. The fourth-order valence-electron chi connectivity index (χ4n) is 5.01. The van der Waals surface area contributed by atoms with E-state index in [-0.39, 0.29) is 24.0 Å². The molecule has 0 unspecified atom stereocenters. The highest BCUT2D eigenvalue weighted by atomic mass is 28.4. The van der Waals surface area contributed by atoms with Crippen molar-refractivity contribution in [2.24, 2.45) is 0 Å². The van der Waals surface area contributed by atoms with Gasteiger partial charge in [-0.3, -0.25) is 0 Å². The quantitative estimate of drug-likeness (QED) is 0.164. The first-order valence-corrected chi connectivity index (χ1v) is 14.9. The zero-order valence-electron chi connectivity index (χ0n) is 23.0. The summed E-state index contributed by atoms with van der Waals surface area (Å²) in [5.41, 5.74) is 0. The molecule has 202 valence electrons. The lowest BCUT2D eigenvalue weighted by Gasteiger charge is -2.43. The molecule has 0 saturated carbocycles. The summed E-state index contributed by atoms with van der Waals surface area (Å²) in [4.78, 5) is 11.4. The number of methoxy groups -OCH3 is 1. The Hall–Kier alpha value is -2.13. The van der Waals surface area contributed by atoms with Crippen molar-refractivity contribution in [2.45, 2.75) is 76.6 Å². The van der Waals surface area contributed by atoms with Crippen molar-refractivity contribution in [2.75, 3.05) is 20.5 Å². The maximum absolute atomic E-state index is 11.4. The maximum atomic E-state index is 11.4. The Labute approximate surface area is 223 Å². The average Bonchev–Trinajstić information content (AvgIpc) is 3.18. The van der Waals surface area contributed by atoms with E-state index in [0.717, 1.165) is 6.29 Å². The summed E-state index contributed by atoms with van der Waals surface area (Å²) >= 11 is 0. The minimum atomic E-state index is -2.62. The number of rotatable bonds is 13. The van der Waals surface area contributed by atoms with Crippen molar-refractivity contribution in [3.63, 3.8) is 0 Å². The third-order valence-electron chi connectivity index (χ3n) is 6.61. The normalized spacial score (nSPS) is 20.8. The van der Waals surface area contributed by atoms with Crippen LogP contribution in [0.2, 0.25) is 5.04 Å². The van der Waals surface area contributed by atoms with Gasteiger partial charge in [-0.1, -0.05) is 93.6 Å². The highest BCUT2D eigenvalue weighted by Crippen LogP contribution is 2.37. The highest BCUT2D eigenvalue weighted by Gasteiger charge is 2.50. The van der Waals surface area contributed by atoms with E-state index in [1.54, 1.807) is 7.11 Å². The van der Waals surface area contributed by atoms with Crippen molar-refractivity contribution < 1.29 is 28.2 Å². The number of carbonyl (C=O) groups excluding carboxylic acids is 1. The number of ether oxygens (including phenoxy) is 4. The van der Waals surface area contributed by atoms with Gasteiger partial charge in [0.1, 0.15) is 12.9 Å². The molecular weight excluding hydrogens is 484 g/mol. The van der Waals surface area contributed by atoms with Gasteiger partial charge < -0.3 is 28.2 Å². The topological polar surface area (TPSA) is 63.2 Å². The van der Waals surface area contributed by atoms with Gasteiger partial charge in [0, 0.05) is 13.7 Å². The first-order chi connectivity index (χ1) is 17.6. The largest absolute Gasteiger partial charge is 0.407 e. The average molecular weight is 527 g/mol. The molecule has 6 nitrogen and oxygen atoms in total. The van der Waals surface area contributed by atoms with Gasteiger partial charge in [0.2, 0.25) is 0 Å². The summed E-state index contributed by atoms with van der Waals surface area (Å²) in [7, 11) is -1.01. The van der Waals surface area contributed by atoms with Crippen molar-refractivity contribution >= 4 is 25.0 Å². The molecule has 0 aliphatic carbocycles. The Morgan fingerprint density at radius 2 is 1.59 bits per heavy atom. The molecule has 2 aromatic carbocycles. The highest BCUT2D eigenvalue weighted by molar-refractivity contribution is 6.99. The van der Waals surface area contributed by atoms with Crippen LogP contribution in [-0.2, 0) is 28.2 Å². The number of aldehydes is 1. The van der Waals surface area contributed by atoms with Gasteiger partial charge in [-0.2, -0.15) is 0 Å². The fraction of sp³-hybridized carbons (Fsp3) is 0.500. The van der Waals surface area contributed by atoms with E-state index in [1.165, 1.54) is 10.4 Å². The van der Waals surface area contributed by atoms with Gasteiger partial charge >= 0.3 is 0 Å².